The van der Waals surface area contributed by atoms with Crippen LogP contribution in [0, 0.1) is 0 Å². The number of anilines is 1. The molecule has 0 aromatic carbocycles. The number of amides is 1. The van der Waals surface area contributed by atoms with Crippen LogP contribution in [0.5, 0.6) is 0 Å². The number of rotatable bonds is 4. The van der Waals surface area contributed by atoms with Gasteiger partial charge in [-0.25, -0.2) is 9.78 Å². The lowest BCUT2D eigenvalue weighted by atomic mass is 10.1. The second-order valence-electron chi connectivity index (χ2n) is 7.70. The molecule has 1 fully saturated rings. The van der Waals surface area contributed by atoms with Gasteiger partial charge in [0, 0.05) is 55.6 Å². The molecule has 3 aromatic heterocycles. The molecule has 2 aliphatic rings. The molecular formula is C21H24N6O2. The van der Waals surface area contributed by atoms with E-state index in [9.17, 15) is 9.90 Å². The molecule has 1 amide bonds. The molecule has 0 bridgehead atoms. The summed E-state index contributed by atoms with van der Waals surface area (Å²) in [6.45, 7) is 3.02. The molecule has 0 atom stereocenters. The van der Waals surface area contributed by atoms with E-state index >= 15 is 0 Å². The third kappa shape index (κ3) is 3.28. The molecule has 150 valence electrons. The lowest BCUT2D eigenvalue weighted by molar-refractivity contribution is 0.147. The minimum Gasteiger partial charge on any atom is -0.465 e. The van der Waals surface area contributed by atoms with Gasteiger partial charge in [0.15, 0.2) is 5.65 Å². The monoisotopic (exact) mass is 392 g/mol. The van der Waals surface area contributed by atoms with Gasteiger partial charge in [-0.15, -0.1) is 0 Å². The summed E-state index contributed by atoms with van der Waals surface area (Å²) in [5.74, 6) is 1.10. The Morgan fingerprint density at radius 1 is 1.10 bits per heavy atom. The number of aryl methyl sites for hydroxylation is 2. The molecular weight excluding hydrogens is 368 g/mol. The summed E-state index contributed by atoms with van der Waals surface area (Å²) in [5.41, 5.74) is 5.23. The Morgan fingerprint density at radius 2 is 1.97 bits per heavy atom. The molecule has 8 nitrogen and oxygen atoms in total. The molecule has 5 rings (SSSR count). The quantitative estimate of drug-likeness (QED) is 0.733. The van der Waals surface area contributed by atoms with Gasteiger partial charge in [-0.1, -0.05) is 6.07 Å². The van der Waals surface area contributed by atoms with Gasteiger partial charge in [-0.2, -0.15) is 9.61 Å². The maximum atomic E-state index is 11.5. The third-order valence-corrected chi connectivity index (χ3v) is 5.93. The van der Waals surface area contributed by atoms with Gasteiger partial charge in [-0.05, 0) is 37.8 Å². The fourth-order valence-corrected chi connectivity index (χ4v) is 4.19. The van der Waals surface area contributed by atoms with Crippen LogP contribution in [0.4, 0.5) is 10.6 Å². The van der Waals surface area contributed by atoms with E-state index in [-0.39, 0.29) is 0 Å². The molecule has 5 heterocycles. The lowest BCUT2D eigenvalue weighted by Crippen LogP contribution is -2.39. The molecule has 0 saturated carbocycles. The van der Waals surface area contributed by atoms with E-state index in [4.69, 9.17) is 4.98 Å². The van der Waals surface area contributed by atoms with Crippen molar-refractivity contribution >= 4 is 17.6 Å². The smallest absolute Gasteiger partial charge is 0.407 e. The number of hydrogen-bond acceptors (Lipinski definition) is 5. The summed E-state index contributed by atoms with van der Waals surface area (Å²) in [5, 5.41) is 14.1. The van der Waals surface area contributed by atoms with Gasteiger partial charge in [0.1, 0.15) is 5.82 Å². The number of aromatic nitrogens is 4. The van der Waals surface area contributed by atoms with Crippen molar-refractivity contribution < 1.29 is 9.90 Å². The fourth-order valence-electron chi connectivity index (χ4n) is 4.19. The normalized spacial score (nSPS) is 16.4. The first-order valence-corrected chi connectivity index (χ1v) is 10.2. The van der Waals surface area contributed by atoms with Crippen molar-refractivity contribution in [1.82, 2.24) is 24.5 Å². The van der Waals surface area contributed by atoms with Gasteiger partial charge >= 0.3 is 6.09 Å². The fraction of sp³-hybridized carbons (Fsp3) is 0.429. The summed E-state index contributed by atoms with van der Waals surface area (Å²) in [6, 6.07) is 5.97. The summed E-state index contributed by atoms with van der Waals surface area (Å²) in [4.78, 5) is 24.7. The molecule has 2 aliphatic heterocycles. The van der Waals surface area contributed by atoms with Crippen molar-refractivity contribution in [3.8, 4) is 0 Å². The number of carboxylic acid groups (broad SMARTS) is 1. The van der Waals surface area contributed by atoms with E-state index in [1.807, 2.05) is 35.1 Å². The summed E-state index contributed by atoms with van der Waals surface area (Å²) in [6.07, 6.45) is 7.05. The molecule has 1 saturated heterocycles. The second kappa shape index (κ2) is 7.35. The van der Waals surface area contributed by atoms with Gasteiger partial charge in [0.05, 0.1) is 11.9 Å². The highest BCUT2D eigenvalue weighted by Gasteiger charge is 2.28. The van der Waals surface area contributed by atoms with Gasteiger partial charge in [-0.3, -0.25) is 4.98 Å². The third-order valence-electron chi connectivity index (χ3n) is 5.93. The Kier molecular flexibility index (Phi) is 4.54. The largest absolute Gasteiger partial charge is 0.465 e. The predicted molar refractivity (Wildman–Crippen MR) is 108 cm³/mol. The number of carbonyl (C=O) groups is 1. The average Bonchev–Trinajstić information content (AvgIpc) is 2.95. The number of fused-ring (bicyclic) bond motifs is 2. The topological polar surface area (TPSA) is 86.9 Å². The minimum atomic E-state index is -0.857. The maximum Gasteiger partial charge on any atom is 0.407 e. The van der Waals surface area contributed by atoms with Gasteiger partial charge in [0.25, 0.3) is 0 Å². The molecule has 1 N–H and O–H groups in total. The SMILES string of the molecule is O=C(O)N1CCc2nc3c(CCc4ccccn4)cnn3c(N3CCC3)c2CC1. The van der Waals surface area contributed by atoms with Crippen molar-refractivity contribution in [1.29, 1.82) is 0 Å². The van der Waals surface area contributed by atoms with Crippen molar-refractivity contribution in [2.75, 3.05) is 31.1 Å². The van der Waals surface area contributed by atoms with Crippen LogP contribution in [0.1, 0.15) is 28.9 Å². The zero-order chi connectivity index (χ0) is 19.8. The number of hydrogen-bond donors (Lipinski definition) is 1. The molecule has 8 heteroatoms. The first kappa shape index (κ1) is 17.9. The summed E-state index contributed by atoms with van der Waals surface area (Å²) in [7, 11) is 0. The Balaban J connectivity index is 1.53. The van der Waals surface area contributed by atoms with Gasteiger partial charge in [0.2, 0.25) is 0 Å². The van der Waals surface area contributed by atoms with E-state index in [0.717, 1.165) is 59.9 Å². The molecule has 0 unspecified atom stereocenters. The van der Waals surface area contributed by atoms with Crippen LogP contribution in [-0.4, -0.2) is 61.9 Å². The van der Waals surface area contributed by atoms with E-state index < -0.39 is 6.09 Å². The summed E-state index contributed by atoms with van der Waals surface area (Å²) >= 11 is 0. The second-order valence-corrected chi connectivity index (χ2v) is 7.70. The zero-order valence-corrected chi connectivity index (χ0v) is 16.3. The first-order valence-electron chi connectivity index (χ1n) is 10.2. The molecule has 3 aromatic rings. The predicted octanol–water partition coefficient (Wildman–Crippen LogP) is 2.20. The van der Waals surface area contributed by atoms with Crippen molar-refractivity contribution in [3.63, 3.8) is 0 Å². The molecule has 0 radical (unpaired) electrons. The van der Waals surface area contributed by atoms with Crippen LogP contribution in [0.25, 0.3) is 5.65 Å². The maximum absolute atomic E-state index is 11.5. The number of pyridine rings is 1. The van der Waals surface area contributed by atoms with Gasteiger partial charge < -0.3 is 14.9 Å². The molecule has 0 aliphatic carbocycles. The van der Waals surface area contributed by atoms with Crippen molar-refractivity contribution in [2.45, 2.75) is 32.1 Å². The Hall–Kier alpha value is -3.16. The van der Waals surface area contributed by atoms with E-state index in [1.165, 1.54) is 11.3 Å². The Bertz CT molecular complexity index is 1040. The Morgan fingerprint density at radius 3 is 2.69 bits per heavy atom. The van der Waals surface area contributed by atoms with Crippen LogP contribution in [0.2, 0.25) is 0 Å². The summed E-state index contributed by atoms with van der Waals surface area (Å²) < 4.78 is 1.97. The van der Waals surface area contributed by atoms with Crippen LogP contribution in [-0.2, 0) is 25.7 Å². The van der Waals surface area contributed by atoms with Crippen molar-refractivity contribution in [3.05, 3.63) is 53.1 Å². The minimum absolute atomic E-state index is 0.488. The average molecular weight is 392 g/mol. The van der Waals surface area contributed by atoms with E-state index in [1.54, 1.807) is 0 Å². The van der Waals surface area contributed by atoms with Crippen LogP contribution >= 0.6 is 0 Å². The highest BCUT2D eigenvalue weighted by atomic mass is 16.4. The highest BCUT2D eigenvalue weighted by molar-refractivity contribution is 5.66. The molecule has 29 heavy (non-hydrogen) atoms. The standard InChI is InChI=1S/C21H24N6O2/c28-21(29)26-12-7-17-18(8-13-26)24-19-15(5-6-16-4-1-2-9-22-16)14-23-27(19)20(17)25-10-3-11-25/h1-2,4,9,14H,3,5-8,10-13H2,(H,28,29). The van der Waals surface area contributed by atoms with Crippen molar-refractivity contribution in [2.24, 2.45) is 0 Å². The zero-order valence-electron chi connectivity index (χ0n) is 16.3. The van der Waals surface area contributed by atoms with Crippen LogP contribution in [0.3, 0.4) is 0 Å². The van der Waals surface area contributed by atoms with E-state index in [2.05, 4.69) is 15.0 Å². The van der Waals surface area contributed by atoms with Crippen LogP contribution < -0.4 is 4.90 Å². The highest BCUT2D eigenvalue weighted by Crippen LogP contribution is 2.31. The Labute approximate surface area is 168 Å². The molecule has 0 spiro atoms. The first-order chi connectivity index (χ1) is 14.2. The lowest BCUT2D eigenvalue weighted by Gasteiger charge is -2.35. The van der Waals surface area contributed by atoms with E-state index in [0.29, 0.717) is 25.9 Å². The number of nitrogens with zero attached hydrogens (tertiary/aromatic N) is 6. The van der Waals surface area contributed by atoms with Crippen LogP contribution in [0.15, 0.2) is 30.6 Å².